The van der Waals surface area contributed by atoms with Crippen LogP contribution >= 0.6 is 0 Å². The van der Waals surface area contributed by atoms with Crippen LogP contribution in [0.3, 0.4) is 0 Å². The summed E-state index contributed by atoms with van der Waals surface area (Å²) in [6, 6.07) is 0. The minimum Gasteiger partial charge on any atom is -0.465 e. The van der Waals surface area contributed by atoms with Crippen LogP contribution in [0.1, 0.15) is 39.5 Å². The Morgan fingerprint density at radius 1 is 1.62 bits per heavy atom. The molecule has 1 fully saturated rings. The van der Waals surface area contributed by atoms with Crippen molar-refractivity contribution in [3.63, 3.8) is 0 Å². The van der Waals surface area contributed by atoms with E-state index in [1.165, 1.54) is 0 Å². The molecule has 0 saturated heterocycles. The van der Waals surface area contributed by atoms with Gasteiger partial charge in [-0.2, -0.15) is 0 Å². The number of hydrogen-bond acceptors (Lipinski definition) is 3. The Morgan fingerprint density at radius 3 is 2.77 bits per heavy atom. The van der Waals surface area contributed by atoms with Crippen LogP contribution < -0.4 is 5.73 Å². The molecule has 0 aromatic heterocycles. The Kier molecular flexibility index (Phi) is 3.31. The summed E-state index contributed by atoms with van der Waals surface area (Å²) < 4.78 is 4.96. The largest absolute Gasteiger partial charge is 0.465 e. The first-order valence-corrected chi connectivity index (χ1v) is 5.08. The first-order chi connectivity index (χ1) is 6.12. The van der Waals surface area contributed by atoms with Gasteiger partial charge in [0, 0.05) is 0 Å². The van der Waals surface area contributed by atoms with E-state index in [4.69, 9.17) is 10.5 Å². The molecule has 3 heteroatoms. The van der Waals surface area contributed by atoms with Crippen molar-refractivity contribution >= 4 is 5.97 Å². The van der Waals surface area contributed by atoms with Crippen LogP contribution in [0.4, 0.5) is 0 Å². The Hall–Kier alpha value is -0.570. The van der Waals surface area contributed by atoms with Crippen LogP contribution in [-0.2, 0) is 9.53 Å². The van der Waals surface area contributed by atoms with Gasteiger partial charge in [-0.25, -0.2) is 0 Å². The number of carbonyl (C=O) groups is 1. The summed E-state index contributed by atoms with van der Waals surface area (Å²) in [6.45, 7) is 4.38. The lowest BCUT2D eigenvalue weighted by Crippen LogP contribution is -2.46. The monoisotopic (exact) mass is 185 g/mol. The Morgan fingerprint density at radius 2 is 2.31 bits per heavy atom. The van der Waals surface area contributed by atoms with Crippen molar-refractivity contribution < 1.29 is 9.53 Å². The molecule has 1 aliphatic carbocycles. The first-order valence-electron chi connectivity index (χ1n) is 5.08. The van der Waals surface area contributed by atoms with Gasteiger partial charge in [-0.1, -0.05) is 13.3 Å². The van der Waals surface area contributed by atoms with Crippen molar-refractivity contribution in [3.05, 3.63) is 0 Å². The van der Waals surface area contributed by atoms with Gasteiger partial charge < -0.3 is 10.5 Å². The number of hydrogen-bond donors (Lipinski definition) is 1. The number of nitrogens with two attached hydrogens (primary N) is 1. The summed E-state index contributed by atoms with van der Waals surface area (Å²) in [5.74, 6) is 0.389. The Balaban J connectivity index is 2.53. The highest BCUT2D eigenvalue weighted by Gasteiger charge is 2.42. The minimum absolute atomic E-state index is 0.217. The summed E-state index contributed by atoms with van der Waals surface area (Å²) in [5, 5.41) is 0. The third-order valence-corrected chi connectivity index (χ3v) is 2.91. The second kappa shape index (κ2) is 4.09. The van der Waals surface area contributed by atoms with Crippen LogP contribution in [-0.4, -0.2) is 18.1 Å². The van der Waals surface area contributed by atoms with Gasteiger partial charge in [0.2, 0.25) is 0 Å². The molecule has 2 atom stereocenters. The van der Waals surface area contributed by atoms with E-state index >= 15 is 0 Å². The highest BCUT2D eigenvalue weighted by molar-refractivity contribution is 5.80. The molecule has 2 unspecified atom stereocenters. The quantitative estimate of drug-likeness (QED) is 0.677. The topological polar surface area (TPSA) is 52.3 Å². The molecule has 3 nitrogen and oxygen atoms in total. The van der Waals surface area contributed by atoms with Crippen LogP contribution in [0, 0.1) is 5.92 Å². The van der Waals surface area contributed by atoms with E-state index in [2.05, 4.69) is 6.92 Å². The summed E-state index contributed by atoms with van der Waals surface area (Å²) >= 11 is 0. The predicted molar refractivity (Wildman–Crippen MR) is 51.2 cm³/mol. The number of rotatable bonds is 3. The van der Waals surface area contributed by atoms with Crippen molar-refractivity contribution in [2.24, 2.45) is 11.7 Å². The summed E-state index contributed by atoms with van der Waals surface area (Å²) in [7, 11) is 0. The van der Waals surface area contributed by atoms with Crippen molar-refractivity contribution in [1.29, 1.82) is 0 Å². The Labute approximate surface area is 79.6 Å². The third-order valence-electron chi connectivity index (χ3n) is 2.91. The Bertz CT molecular complexity index is 193. The normalized spacial score (nSPS) is 33.3. The van der Waals surface area contributed by atoms with Crippen molar-refractivity contribution in [2.45, 2.75) is 45.1 Å². The fourth-order valence-corrected chi connectivity index (χ4v) is 1.99. The van der Waals surface area contributed by atoms with Crippen molar-refractivity contribution in [3.8, 4) is 0 Å². The van der Waals surface area contributed by atoms with Crippen LogP contribution in [0.5, 0.6) is 0 Å². The van der Waals surface area contributed by atoms with E-state index in [-0.39, 0.29) is 5.97 Å². The van der Waals surface area contributed by atoms with Gasteiger partial charge in [0.15, 0.2) is 0 Å². The smallest absolute Gasteiger partial charge is 0.326 e. The zero-order valence-electron chi connectivity index (χ0n) is 8.51. The highest BCUT2D eigenvalue weighted by Crippen LogP contribution is 2.35. The average molecular weight is 185 g/mol. The van der Waals surface area contributed by atoms with E-state index in [0.717, 1.165) is 25.7 Å². The van der Waals surface area contributed by atoms with Gasteiger partial charge in [-0.3, -0.25) is 4.79 Å². The van der Waals surface area contributed by atoms with Gasteiger partial charge in [0.1, 0.15) is 5.54 Å². The lowest BCUT2D eigenvalue weighted by Gasteiger charge is -2.21. The number of ether oxygens (including phenoxy) is 1. The summed E-state index contributed by atoms with van der Waals surface area (Å²) in [5.41, 5.74) is 5.30. The fraction of sp³-hybridized carbons (Fsp3) is 0.900. The van der Waals surface area contributed by atoms with E-state index < -0.39 is 5.54 Å². The molecular formula is C10H19NO2. The van der Waals surface area contributed by atoms with Gasteiger partial charge in [0.25, 0.3) is 0 Å². The van der Waals surface area contributed by atoms with Crippen LogP contribution in [0.2, 0.25) is 0 Å². The fourth-order valence-electron chi connectivity index (χ4n) is 1.99. The highest BCUT2D eigenvalue weighted by atomic mass is 16.5. The third kappa shape index (κ3) is 2.21. The van der Waals surface area contributed by atoms with E-state index in [1.54, 1.807) is 0 Å². The van der Waals surface area contributed by atoms with Crippen molar-refractivity contribution in [1.82, 2.24) is 0 Å². The lowest BCUT2D eigenvalue weighted by molar-refractivity contribution is -0.149. The molecule has 1 aliphatic rings. The molecule has 0 heterocycles. The average Bonchev–Trinajstić information content (AvgIpc) is 2.49. The van der Waals surface area contributed by atoms with Crippen LogP contribution in [0.25, 0.3) is 0 Å². The van der Waals surface area contributed by atoms with Crippen LogP contribution in [0.15, 0.2) is 0 Å². The zero-order chi connectivity index (χ0) is 9.90. The first kappa shape index (κ1) is 10.5. The van der Waals surface area contributed by atoms with Crippen molar-refractivity contribution in [2.75, 3.05) is 6.61 Å². The zero-order valence-corrected chi connectivity index (χ0v) is 8.51. The van der Waals surface area contributed by atoms with Gasteiger partial charge in [-0.05, 0) is 32.1 Å². The molecule has 0 radical (unpaired) electrons. The SMILES string of the molecule is CCOC(=O)C1(N)CCC(CC)C1. The van der Waals surface area contributed by atoms with Gasteiger partial charge >= 0.3 is 5.97 Å². The van der Waals surface area contributed by atoms with E-state index in [9.17, 15) is 4.79 Å². The van der Waals surface area contributed by atoms with E-state index in [0.29, 0.717) is 12.5 Å². The van der Waals surface area contributed by atoms with E-state index in [1.807, 2.05) is 6.92 Å². The molecular weight excluding hydrogens is 166 g/mol. The molecule has 0 aliphatic heterocycles. The maximum Gasteiger partial charge on any atom is 0.326 e. The maximum absolute atomic E-state index is 11.5. The van der Waals surface area contributed by atoms with Gasteiger partial charge in [-0.15, -0.1) is 0 Å². The second-order valence-electron chi connectivity index (χ2n) is 3.89. The molecule has 2 N–H and O–H groups in total. The standard InChI is InChI=1S/C10H19NO2/c1-3-8-5-6-10(11,7-8)9(12)13-4-2/h8H,3-7,11H2,1-2H3. The summed E-state index contributed by atoms with van der Waals surface area (Å²) in [4.78, 5) is 11.5. The summed E-state index contributed by atoms with van der Waals surface area (Å²) in [6.07, 6.45) is 3.75. The molecule has 0 bridgehead atoms. The molecule has 1 saturated carbocycles. The molecule has 0 aromatic rings. The molecule has 13 heavy (non-hydrogen) atoms. The number of carbonyl (C=O) groups excluding carboxylic acids is 1. The molecule has 76 valence electrons. The second-order valence-corrected chi connectivity index (χ2v) is 3.89. The molecule has 0 spiro atoms. The minimum atomic E-state index is -0.684. The predicted octanol–water partition coefficient (Wildman–Crippen LogP) is 1.46. The lowest BCUT2D eigenvalue weighted by atomic mass is 9.96. The molecule has 1 rings (SSSR count). The maximum atomic E-state index is 11.5. The van der Waals surface area contributed by atoms with Gasteiger partial charge in [0.05, 0.1) is 6.61 Å². The molecule has 0 amide bonds. The number of esters is 1. The molecule has 0 aromatic carbocycles.